The molecule has 0 bridgehead atoms. The molecule has 2 aliphatic rings. The molecule has 2 aromatic carbocycles. The van der Waals surface area contributed by atoms with Crippen LogP contribution in [0.25, 0.3) is 0 Å². The minimum absolute atomic E-state index is 0.0226. The molecule has 32 heavy (non-hydrogen) atoms. The smallest absolute Gasteiger partial charge is 0.251 e. The fraction of sp³-hybridized carbons (Fsp3) is 0.500. The molecule has 2 saturated heterocycles. The molecule has 2 fully saturated rings. The first-order valence-electron chi connectivity index (χ1n) is 11.7. The van der Waals surface area contributed by atoms with Crippen molar-refractivity contribution in [1.29, 1.82) is 0 Å². The van der Waals surface area contributed by atoms with Gasteiger partial charge in [0.15, 0.2) is 0 Å². The van der Waals surface area contributed by atoms with Gasteiger partial charge in [0.1, 0.15) is 5.75 Å². The molecule has 2 heterocycles. The highest BCUT2D eigenvalue weighted by Crippen LogP contribution is 2.35. The molecule has 0 spiro atoms. The molecule has 0 saturated carbocycles. The van der Waals surface area contributed by atoms with E-state index in [1.807, 2.05) is 37.3 Å². The molecule has 6 heteroatoms. The summed E-state index contributed by atoms with van der Waals surface area (Å²) in [6, 6.07) is 16.3. The first-order chi connectivity index (χ1) is 15.7. The number of rotatable bonds is 8. The molecule has 1 N–H and O–H groups in total. The van der Waals surface area contributed by atoms with Crippen LogP contribution in [0.4, 0.5) is 0 Å². The van der Waals surface area contributed by atoms with Gasteiger partial charge in [-0.2, -0.15) is 0 Å². The molecule has 2 aliphatic heterocycles. The number of carbonyl (C=O) groups is 1. The molecular formula is C26H34N2O4. The number of hydrogen-bond donors (Lipinski definition) is 1. The van der Waals surface area contributed by atoms with Crippen LogP contribution in [-0.2, 0) is 21.4 Å². The van der Waals surface area contributed by atoms with Crippen LogP contribution in [0.3, 0.4) is 0 Å². The topological polar surface area (TPSA) is 60.0 Å². The monoisotopic (exact) mass is 438 g/mol. The van der Waals surface area contributed by atoms with Gasteiger partial charge in [-0.1, -0.05) is 24.3 Å². The number of nitrogens with one attached hydrogen (secondary N) is 1. The number of ether oxygens (including phenoxy) is 3. The van der Waals surface area contributed by atoms with Crippen molar-refractivity contribution >= 4 is 5.91 Å². The second-order valence-corrected chi connectivity index (χ2v) is 8.62. The Balaban J connectivity index is 1.42. The molecule has 0 unspecified atom stereocenters. The van der Waals surface area contributed by atoms with Gasteiger partial charge in [0.05, 0.1) is 19.8 Å². The highest BCUT2D eigenvalue weighted by atomic mass is 16.5. The predicted octanol–water partition coefficient (Wildman–Crippen LogP) is 3.40. The summed E-state index contributed by atoms with van der Waals surface area (Å²) in [4.78, 5) is 15.4. The van der Waals surface area contributed by atoms with Gasteiger partial charge in [-0.25, -0.2) is 0 Å². The third kappa shape index (κ3) is 5.68. The van der Waals surface area contributed by atoms with E-state index in [-0.39, 0.29) is 11.3 Å². The second-order valence-electron chi connectivity index (χ2n) is 8.62. The maximum absolute atomic E-state index is 13.0. The predicted molar refractivity (Wildman–Crippen MR) is 124 cm³/mol. The van der Waals surface area contributed by atoms with Gasteiger partial charge in [-0.05, 0) is 55.2 Å². The maximum Gasteiger partial charge on any atom is 0.251 e. The summed E-state index contributed by atoms with van der Waals surface area (Å²) in [6.45, 7) is 8.91. The van der Waals surface area contributed by atoms with Crippen molar-refractivity contribution in [3.63, 3.8) is 0 Å². The zero-order chi connectivity index (χ0) is 22.2. The summed E-state index contributed by atoms with van der Waals surface area (Å²) < 4.78 is 16.7. The lowest BCUT2D eigenvalue weighted by Crippen LogP contribution is -2.44. The molecule has 0 radical (unpaired) electrons. The quantitative estimate of drug-likeness (QED) is 0.685. The van der Waals surface area contributed by atoms with E-state index in [0.717, 1.165) is 57.0 Å². The minimum atomic E-state index is -0.121. The third-order valence-corrected chi connectivity index (χ3v) is 6.51. The van der Waals surface area contributed by atoms with Gasteiger partial charge >= 0.3 is 0 Å². The van der Waals surface area contributed by atoms with Crippen LogP contribution in [-0.4, -0.2) is 63.5 Å². The maximum atomic E-state index is 13.0. The Morgan fingerprint density at radius 1 is 1.03 bits per heavy atom. The summed E-state index contributed by atoms with van der Waals surface area (Å²) in [5.41, 5.74) is 2.98. The number of nitrogens with zero attached hydrogens (tertiary/aromatic N) is 1. The Hall–Kier alpha value is -2.41. The molecule has 6 nitrogen and oxygen atoms in total. The lowest BCUT2D eigenvalue weighted by Gasteiger charge is -2.38. The summed E-state index contributed by atoms with van der Waals surface area (Å²) in [5.74, 6) is 0.852. The Kier molecular flexibility index (Phi) is 7.79. The van der Waals surface area contributed by atoms with E-state index in [4.69, 9.17) is 14.2 Å². The first kappa shape index (κ1) is 22.8. The average molecular weight is 439 g/mol. The molecule has 4 rings (SSSR count). The minimum Gasteiger partial charge on any atom is -0.494 e. The van der Waals surface area contributed by atoms with E-state index >= 15 is 0 Å². The van der Waals surface area contributed by atoms with E-state index < -0.39 is 0 Å². The Morgan fingerprint density at radius 2 is 1.75 bits per heavy atom. The molecular weight excluding hydrogens is 404 g/mol. The molecule has 1 amide bonds. The zero-order valence-corrected chi connectivity index (χ0v) is 19.0. The highest BCUT2D eigenvalue weighted by Gasteiger charge is 2.35. The summed E-state index contributed by atoms with van der Waals surface area (Å²) in [6.07, 6.45) is 1.77. The fourth-order valence-electron chi connectivity index (χ4n) is 4.58. The number of amides is 1. The number of hydrogen-bond acceptors (Lipinski definition) is 5. The second kappa shape index (κ2) is 10.9. The van der Waals surface area contributed by atoms with Gasteiger partial charge in [-0.3, -0.25) is 9.69 Å². The Bertz CT molecular complexity index is 872. The normalized spacial score (nSPS) is 18.8. The van der Waals surface area contributed by atoms with E-state index in [1.165, 1.54) is 5.56 Å². The van der Waals surface area contributed by atoms with Crippen LogP contribution < -0.4 is 10.1 Å². The lowest BCUT2D eigenvalue weighted by atomic mass is 9.74. The van der Waals surface area contributed by atoms with Crippen molar-refractivity contribution in [2.45, 2.75) is 31.7 Å². The van der Waals surface area contributed by atoms with Crippen LogP contribution in [0.2, 0.25) is 0 Å². The van der Waals surface area contributed by atoms with Gasteiger partial charge < -0.3 is 19.5 Å². The van der Waals surface area contributed by atoms with Crippen LogP contribution in [0.15, 0.2) is 48.5 Å². The largest absolute Gasteiger partial charge is 0.494 e. The summed E-state index contributed by atoms with van der Waals surface area (Å²) in [7, 11) is 0. The van der Waals surface area contributed by atoms with Gasteiger partial charge in [-0.15, -0.1) is 0 Å². The molecule has 2 aromatic rings. The van der Waals surface area contributed by atoms with Crippen molar-refractivity contribution in [2.24, 2.45) is 0 Å². The van der Waals surface area contributed by atoms with Crippen molar-refractivity contribution in [2.75, 3.05) is 52.7 Å². The van der Waals surface area contributed by atoms with E-state index in [1.54, 1.807) is 0 Å². The van der Waals surface area contributed by atoms with Gasteiger partial charge in [0, 0.05) is 50.4 Å². The first-order valence-corrected chi connectivity index (χ1v) is 11.7. The zero-order valence-electron chi connectivity index (χ0n) is 19.0. The van der Waals surface area contributed by atoms with Crippen LogP contribution in [0, 0.1) is 0 Å². The van der Waals surface area contributed by atoms with E-state index in [2.05, 4.69) is 28.4 Å². The third-order valence-electron chi connectivity index (χ3n) is 6.51. The summed E-state index contributed by atoms with van der Waals surface area (Å²) >= 11 is 0. The average Bonchev–Trinajstić information content (AvgIpc) is 2.85. The Morgan fingerprint density at radius 3 is 2.47 bits per heavy atom. The van der Waals surface area contributed by atoms with Crippen molar-refractivity contribution in [3.8, 4) is 5.75 Å². The molecule has 172 valence electrons. The highest BCUT2D eigenvalue weighted by molar-refractivity contribution is 5.94. The molecule has 0 aromatic heterocycles. The van der Waals surface area contributed by atoms with Crippen LogP contribution in [0.5, 0.6) is 5.75 Å². The number of benzene rings is 2. The van der Waals surface area contributed by atoms with Gasteiger partial charge in [0.25, 0.3) is 5.91 Å². The number of morpholine rings is 1. The number of carbonyl (C=O) groups excluding carboxylic acids is 1. The SMILES string of the molecule is CCOc1ccc(C2(CNC(=O)c3cccc(CN4CCOCC4)c3)CCOCC2)cc1. The molecule has 0 atom stereocenters. The van der Waals surface area contributed by atoms with Crippen LogP contribution in [0.1, 0.15) is 41.3 Å². The van der Waals surface area contributed by atoms with Crippen LogP contribution >= 0.6 is 0 Å². The van der Waals surface area contributed by atoms with E-state index in [9.17, 15) is 4.79 Å². The van der Waals surface area contributed by atoms with Gasteiger partial charge in [0.2, 0.25) is 0 Å². The van der Waals surface area contributed by atoms with Crippen molar-refractivity contribution < 1.29 is 19.0 Å². The van der Waals surface area contributed by atoms with Crippen molar-refractivity contribution in [3.05, 3.63) is 65.2 Å². The lowest BCUT2D eigenvalue weighted by molar-refractivity contribution is 0.0342. The van der Waals surface area contributed by atoms with E-state index in [0.29, 0.717) is 31.9 Å². The summed E-state index contributed by atoms with van der Waals surface area (Å²) in [5, 5.41) is 3.22. The van der Waals surface area contributed by atoms with Crippen molar-refractivity contribution in [1.82, 2.24) is 10.2 Å². The fourth-order valence-corrected chi connectivity index (χ4v) is 4.58. The standard InChI is InChI=1S/C26H34N2O4/c1-2-32-24-8-6-23(7-9-24)26(10-14-30-15-11-26)20-27-25(29)22-5-3-4-21(18-22)19-28-12-16-31-17-13-28/h3-9,18H,2,10-17,19-20H2,1H3,(H,27,29). The molecule has 0 aliphatic carbocycles. The Labute approximate surface area is 190 Å².